The molecule has 1 aromatic heterocycles. The van der Waals surface area contributed by atoms with E-state index < -0.39 is 5.82 Å². The van der Waals surface area contributed by atoms with Crippen molar-refractivity contribution in [1.29, 1.82) is 0 Å². The zero-order valence-corrected chi connectivity index (χ0v) is 11.2. The molecule has 0 spiro atoms. The van der Waals surface area contributed by atoms with Crippen molar-refractivity contribution in [2.75, 3.05) is 10.6 Å². The van der Waals surface area contributed by atoms with E-state index in [9.17, 15) is 4.39 Å². The summed E-state index contributed by atoms with van der Waals surface area (Å²) in [6.07, 6.45) is 1.53. The van der Waals surface area contributed by atoms with E-state index in [1.54, 1.807) is 6.07 Å². The molecule has 1 aromatic carbocycles. The summed E-state index contributed by atoms with van der Waals surface area (Å²) in [6.45, 7) is 3.99. The zero-order valence-electron chi connectivity index (χ0n) is 10.5. The molecule has 2 N–H and O–H groups in total. The Balaban J connectivity index is 2.16. The Morgan fingerprint density at radius 1 is 1.32 bits per heavy atom. The van der Waals surface area contributed by atoms with Gasteiger partial charge in [0.15, 0.2) is 5.82 Å². The fourth-order valence-electron chi connectivity index (χ4n) is 1.42. The average molecular weight is 282 g/mol. The predicted octanol–water partition coefficient (Wildman–Crippen LogP) is 3.23. The van der Waals surface area contributed by atoms with Gasteiger partial charge in [0.05, 0.1) is 11.2 Å². The average Bonchev–Trinajstić information content (AvgIpc) is 2.33. The molecule has 7 heteroatoms. The first-order chi connectivity index (χ1) is 9.04. The number of rotatable bonds is 4. The largest absolute Gasteiger partial charge is 0.366 e. The minimum atomic E-state index is -0.471. The second-order valence-electron chi connectivity index (χ2n) is 4.22. The summed E-state index contributed by atoms with van der Waals surface area (Å²) in [4.78, 5) is 4.23. The van der Waals surface area contributed by atoms with E-state index in [0.717, 1.165) is 0 Å². The van der Waals surface area contributed by atoms with Gasteiger partial charge in [0.1, 0.15) is 5.82 Å². The molecular weight excluding hydrogens is 269 g/mol. The molecular formula is C12H13ClFN5. The van der Waals surface area contributed by atoms with Crippen LogP contribution in [-0.2, 0) is 0 Å². The van der Waals surface area contributed by atoms with Crippen molar-refractivity contribution >= 4 is 29.1 Å². The highest BCUT2D eigenvalue weighted by molar-refractivity contribution is 6.31. The van der Waals surface area contributed by atoms with Crippen molar-refractivity contribution in [3.63, 3.8) is 0 Å². The van der Waals surface area contributed by atoms with Crippen LogP contribution in [0.25, 0.3) is 0 Å². The summed E-state index contributed by atoms with van der Waals surface area (Å²) in [5.41, 5.74) is 0.592. The monoisotopic (exact) mass is 281 g/mol. The Bertz CT molecular complexity index is 576. The standard InChI is InChI=1S/C12H13ClFN5/c1-7(2)16-11-6-15-19-12(18-11)17-8-3-4-10(14)9(13)5-8/h3-7H,1-2H3,(H2,16,17,18,19). The lowest BCUT2D eigenvalue weighted by Crippen LogP contribution is -2.12. The molecule has 0 atom stereocenters. The number of halogens is 2. The highest BCUT2D eigenvalue weighted by Gasteiger charge is 2.05. The first kappa shape index (κ1) is 13.5. The summed E-state index contributed by atoms with van der Waals surface area (Å²) < 4.78 is 13.0. The molecule has 0 amide bonds. The van der Waals surface area contributed by atoms with E-state index in [4.69, 9.17) is 11.6 Å². The third-order valence-corrected chi connectivity index (χ3v) is 2.46. The van der Waals surface area contributed by atoms with Crippen molar-refractivity contribution < 1.29 is 4.39 Å². The van der Waals surface area contributed by atoms with Gasteiger partial charge >= 0.3 is 0 Å². The van der Waals surface area contributed by atoms with Crippen LogP contribution in [0, 0.1) is 5.82 Å². The molecule has 0 radical (unpaired) electrons. The van der Waals surface area contributed by atoms with Crippen molar-refractivity contribution in [1.82, 2.24) is 15.2 Å². The smallest absolute Gasteiger partial charge is 0.249 e. The Hall–Kier alpha value is -1.95. The number of nitrogens with zero attached hydrogens (tertiary/aromatic N) is 3. The van der Waals surface area contributed by atoms with Crippen molar-refractivity contribution in [3.05, 3.63) is 35.2 Å². The van der Waals surface area contributed by atoms with E-state index in [2.05, 4.69) is 25.8 Å². The number of anilines is 3. The second kappa shape index (κ2) is 5.79. The molecule has 2 aromatic rings. The van der Waals surface area contributed by atoms with Crippen LogP contribution in [0.5, 0.6) is 0 Å². The number of hydrogen-bond donors (Lipinski definition) is 2. The number of aromatic nitrogens is 3. The number of benzene rings is 1. The summed E-state index contributed by atoms with van der Waals surface area (Å²) in [5.74, 6) is 0.454. The van der Waals surface area contributed by atoms with Gasteiger partial charge in [-0.3, -0.25) is 0 Å². The quantitative estimate of drug-likeness (QED) is 0.901. The topological polar surface area (TPSA) is 62.7 Å². The van der Waals surface area contributed by atoms with Gasteiger partial charge in [-0.1, -0.05) is 11.6 Å². The third-order valence-electron chi connectivity index (χ3n) is 2.17. The maximum Gasteiger partial charge on any atom is 0.249 e. The first-order valence-electron chi connectivity index (χ1n) is 5.73. The van der Waals surface area contributed by atoms with Crippen molar-refractivity contribution in [2.24, 2.45) is 0 Å². The fraction of sp³-hybridized carbons (Fsp3) is 0.250. The van der Waals surface area contributed by atoms with Crippen LogP contribution >= 0.6 is 11.6 Å². The summed E-state index contributed by atoms with van der Waals surface area (Å²) in [7, 11) is 0. The Morgan fingerprint density at radius 3 is 2.79 bits per heavy atom. The molecule has 0 bridgehead atoms. The van der Waals surface area contributed by atoms with Gasteiger partial charge in [-0.25, -0.2) is 4.39 Å². The molecule has 19 heavy (non-hydrogen) atoms. The molecule has 0 aliphatic heterocycles. The first-order valence-corrected chi connectivity index (χ1v) is 6.11. The molecule has 0 unspecified atom stereocenters. The summed E-state index contributed by atoms with van der Waals surface area (Å²) in [6, 6.07) is 4.52. The Morgan fingerprint density at radius 2 is 2.11 bits per heavy atom. The van der Waals surface area contributed by atoms with E-state index in [1.165, 1.54) is 18.3 Å². The van der Waals surface area contributed by atoms with Crippen molar-refractivity contribution in [3.8, 4) is 0 Å². The third kappa shape index (κ3) is 3.75. The van der Waals surface area contributed by atoms with Gasteiger partial charge in [0.25, 0.3) is 0 Å². The predicted molar refractivity (Wildman–Crippen MR) is 73.3 cm³/mol. The SMILES string of the molecule is CC(C)Nc1cnnc(Nc2ccc(F)c(Cl)c2)n1. The van der Waals surface area contributed by atoms with Crippen molar-refractivity contribution in [2.45, 2.75) is 19.9 Å². The Labute approximate surface area is 115 Å². The molecule has 0 saturated carbocycles. The minimum absolute atomic E-state index is 0.0365. The van der Waals surface area contributed by atoms with Gasteiger partial charge < -0.3 is 10.6 Å². The number of nitrogens with one attached hydrogen (secondary N) is 2. The van der Waals surface area contributed by atoms with Crippen LogP contribution in [0.4, 0.5) is 21.8 Å². The molecule has 100 valence electrons. The molecule has 1 heterocycles. The lowest BCUT2D eigenvalue weighted by atomic mass is 10.3. The molecule has 0 aliphatic rings. The van der Waals surface area contributed by atoms with Crippen LogP contribution in [0.2, 0.25) is 5.02 Å². The van der Waals surface area contributed by atoms with E-state index in [-0.39, 0.29) is 11.1 Å². The van der Waals surface area contributed by atoms with Gasteiger partial charge in [-0.2, -0.15) is 10.1 Å². The minimum Gasteiger partial charge on any atom is -0.366 e. The zero-order chi connectivity index (χ0) is 13.8. The van der Waals surface area contributed by atoms with Crippen LogP contribution in [0.1, 0.15) is 13.8 Å². The highest BCUT2D eigenvalue weighted by Crippen LogP contribution is 2.21. The van der Waals surface area contributed by atoms with Crippen LogP contribution < -0.4 is 10.6 Å². The lowest BCUT2D eigenvalue weighted by molar-refractivity contribution is 0.628. The van der Waals surface area contributed by atoms with Gasteiger partial charge in [0.2, 0.25) is 5.95 Å². The fourth-order valence-corrected chi connectivity index (χ4v) is 1.61. The lowest BCUT2D eigenvalue weighted by Gasteiger charge is -2.09. The van der Waals surface area contributed by atoms with Crippen LogP contribution in [0.15, 0.2) is 24.4 Å². The molecule has 0 fully saturated rings. The summed E-state index contributed by atoms with van der Waals surface area (Å²) >= 11 is 5.70. The highest BCUT2D eigenvalue weighted by atomic mass is 35.5. The molecule has 0 aliphatic carbocycles. The van der Waals surface area contributed by atoms with E-state index in [1.807, 2.05) is 13.8 Å². The summed E-state index contributed by atoms with van der Waals surface area (Å²) in [5, 5.41) is 13.7. The van der Waals surface area contributed by atoms with E-state index in [0.29, 0.717) is 17.5 Å². The van der Waals surface area contributed by atoms with Crippen LogP contribution in [-0.4, -0.2) is 21.2 Å². The van der Waals surface area contributed by atoms with Crippen LogP contribution in [0.3, 0.4) is 0 Å². The van der Waals surface area contributed by atoms with Gasteiger partial charge in [0, 0.05) is 11.7 Å². The van der Waals surface area contributed by atoms with Gasteiger partial charge in [-0.05, 0) is 32.0 Å². The molecule has 5 nitrogen and oxygen atoms in total. The maximum absolute atomic E-state index is 13.0. The second-order valence-corrected chi connectivity index (χ2v) is 4.63. The van der Waals surface area contributed by atoms with Gasteiger partial charge in [-0.15, -0.1) is 5.10 Å². The van der Waals surface area contributed by atoms with E-state index >= 15 is 0 Å². The number of hydrogen-bond acceptors (Lipinski definition) is 5. The molecule has 0 saturated heterocycles. The maximum atomic E-state index is 13.0. The molecule has 2 rings (SSSR count). The normalized spacial score (nSPS) is 10.6. The Kier molecular flexibility index (Phi) is 4.11.